The fourth-order valence-electron chi connectivity index (χ4n) is 4.74. The third kappa shape index (κ3) is 5.22. The van der Waals surface area contributed by atoms with Crippen molar-refractivity contribution in [2.45, 2.75) is 37.5 Å². The van der Waals surface area contributed by atoms with Gasteiger partial charge in [-0.2, -0.15) is 0 Å². The molecule has 7 heteroatoms. The summed E-state index contributed by atoms with van der Waals surface area (Å²) in [4.78, 5) is 25.8. The quantitative estimate of drug-likeness (QED) is 0.165. The Bertz CT molecular complexity index is 1460. The highest BCUT2D eigenvalue weighted by Gasteiger charge is 2.23. The van der Waals surface area contributed by atoms with Crippen LogP contribution in [0.2, 0.25) is 0 Å². The van der Waals surface area contributed by atoms with Crippen LogP contribution >= 0.6 is 24.0 Å². The lowest BCUT2D eigenvalue weighted by Gasteiger charge is -2.15. The van der Waals surface area contributed by atoms with E-state index in [-0.39, 0.29) is 11.7 Å². The monoisotopic (exact) mass is 513 g/mol. The Labute approximate surface area is 220 Å². The number of nitrogens with zero attached hydrogens (tertiary/aromatic N) is 1. The first-order valence-electron chi connectivity index (χ1n) is 12.1. The lowest BCUT2D eigenvalue weighted by atomic mass is 9.96. The highest BCUT2D eigenvalue weighted by molar-refractivity contribution is 8.00. The van der Waals surface area contributed by atoms with Crippen LogP contribution in [0.4, 0.5) is 11.4 Å². The van der Waals surface area contributed by atoms with E-state index >= 15 is 0 Å². The van der Waals surface area contributed by atoms with Crippen LogP contribution in [0.5, 0.6) is 0 Å². The molecule has 0 radical (unpaired) electrons. The molecule has 5 nitrogen and oxygen atoms in total. The van der Waals surface area contributed by atoms with Gasteiger partial charge in [0, 0.05) is 32.9 Å². The van der Waals surface area contributed by atoms with Crippen molar-refractivity contribution in [3.8, 4) is 0 Å². The number of nitrogens with one attached hydrogen (secondary N) is 2. The number of thioether (sulfide) groups is 1. The number of rotatable bonds is 6. The fourth-order valence-corrected chi connectivity index (χ4v) is 5.78. The molecular formula is C29H27N3O2S2. The molecule has 0 spiro atoms. The van der Waals surface area contributed by atoms with E-state index in [1.165, 1.54) is 34.8 Å². The van der Waals surface area contributed by atoms with Crippen molar-refractivity contribution in [1.29, 1.82) is 0 Å². The van der Waals surface area contributed by atoms with Gasteiger partial charge in [0.1, 0.15) is 0 Å². The molecule has 0 saturated carbocycles. The number of carbonyl (C=O) groups is 2. The zero-order valence-corrected chi connectivity index (χ0v) is 21.7. The van der Waals surface area contributed by atoms with E-state index in [1.54, 1.807) is 19.1 Å². The Balaban J connectivity index is 1.24. The van der Waals surface area contributed by atoms with Gasteiger partial charge in [0.15, 0.2) is 10.9 Å². The molecule has 0 atom stereocenters. The van der Waals surface area contributed by atoms with E-state index in [2.05, 4.69) is 28.8 Å². The summed E-state index contributed by atoms with van der Waals surface area (Å²) >= 11 is 6.98. The number of anilines is 2. The number of fused-ring (bicyclic) bond motifs is 3. The minimum absolute atomic E-state index is 0.0277. The molecule has 1 aromatic heterocycles. The largest absolute Gasteiger partial charge is 0.332 e. The number of para-hydroxylation sites is 1. The van der Waals surface area contributed by atoms with Crippen LogP contribution in [-0.2, 0) is 12.8 Å². The van der Waals surface area contributed by atoms with E-state index in [0.29, 0.717) is 16.4 Å². The third-order valence-corrected chi connectivity index (χ3v) is 7.61. The molecule has 0 aliphatic heterocycles. The van der Waals surface area contributed by atoms with Crippen LogP contribution in [0.1, 0.15) is 46.2 Å². The van der Waals surface area contributed by atoms with Gasteiger partial charge < -0.3 is 10.6 Å². The average Bonchev–Trinajstić information content (AvgIpc) is 3.22. The molecule has 0 bridgehead atoms. The van der Waals surface area contributed by atoms with Gasteiger partial charge in [0.25, 0.3) is 0 Å². The maximum absolute atomic E-state index is 13.4. The standard InChI is InChI=1S/C29H27N3O2S2/c1-19(33)20-13-15-21(16-14-20)30-29(35)31-22-7-6-8-23(17-22)36-18-28(34)32-26-11-4-2-9-24(26)25-10-3-5-12-27(25)32/h2,4,6-9,11,13-17H,3,5,10,12,18H2,1H3,(H2,30,31,35). The fraction of sp³-hybridized carbons (Fsp3) is 0.207. The normalized spacial score (nSPS) is 12.7. The number of benzene rings is 3. The van der Waals surface area contributed by atoms with E-state index in [4.69, 9.17) is 12.2 Å². The zero-order valence-electron chi connectivity index (χ0n) is 20.0. The number of Topliss-reactive ketones (excluding diaryl/α,β-unsaturated/α-hetero) is 1. The molecule has 4 aromatic rings. The van der Waals surface area contributed by atoms with Gasteiger partial charge in [-0.3, -0.25) is 14.2 Å². The summed E-state index contributed by atoms with van der Waals surface area (Å²) in [6.07, 6.45) is 4.32. The molecule has 1 aliphatic carbocycles. The van der Waals surface area contributed by atoms with Crippen LogP contribution in [0.15, 0.2) is 77.7 Å². The molecule has 1 aliphatic rings. The first kappa shape index (κ1) is 24.3. The molecule has 1 heterocycles. The van der Waals surface area contributed by atoms with Gasteiger partial charge in [-0.25, -0.2) is 0 Å². The van der Waals surface area contributed by atoms with Gasteiger partial charge in [-0.15, -0.1) is 11.8 Å². The number of aryl methyl sites for hydroxylation is 1. The summed E-state index contributed by atoms with van der Waals surface area (Å²) in [6.45, 7) is 1.54. The van der Waals surface area contributed by atoms with Crippen LogP contribution in [0.25, 0.3) is 10.9 Å². The highest BCUT2D eigenvalue weighted by Crippen LogP contribution is 2.33. The lowest BCUT2D eigenvalue weighted by molar-refractivity contribution is 0.0942. The molecule has 2 N–H and O–H groups in total. The molecule has 3 aromatic carbocycles. The van der Waals surface area contributed by atoms with Crippen LogP contribution in [-0.4, -0.2) is 27.1 Å². The first-order chi connectivity index (χ1) is 17.5. The van der Waals surface area contributed by atoms with Crippen molar-refractivity contribution < 1.29 is 9.59 Å². The second-order valence-corrected chi connectivity index (χ2v) is 10.4. The molecule has 0 unspecified atom stereocenters. The van der Waals surface area contributed by atoms with Crippen LogP contribution < -0.4 is 10.6 Å². The lowest BCUT2D eigenvalue weighted by Crippen LogP contribution is -2.19. The van der Waals surface area contributed by atoms with Crippen molar-refractivity contribution in [3.05, 3.63) is 89.6 Å². The Morgan fingerprint density at radius 3 is 2.47 bits per heavy atom. The van der Waals surface area contributed by atoms with Crippen molar-refractivity contribution in [3.63, 3.8) is 0 Å². The van der Waals surface area contributed by atoms with E-state index in [9.17, 15) is 9.59 Å². The minimum atomic E-state index is 0.0277. The molecular weight excluding hydrogens is 486 g/mol. The maximum atomic E-state index is 13.4. The van der Waals surface area contributed by atoms with Crippen molar-refractivity contribution in [2.24, 2.45) is 0 Å². The number of ketones is 1. The third-order valence-electron chi connectivity index (χ3n) is 6.43. The van der Waals surface area contributed by atoms with Gasteiger partial charge >= 0.3 is 0 Å². The Morgan fingerprint density at radius 2 is 1.67 bits per heavy atom. The average molecular weight is 514 g/mol. The predicted molar refractivity (Wildman–Crippen MR) is 153 cm³/mol. The minimum Gasteiger partial charge on any atom is -0.332 e. The predicted octanol–water partition coefficient (Wildman–Crippen LogP) is 6.96. The van der Waals surface area contributed by atoms with Gasteiger partial charge in [-0.05, 0) is 98.9 Å². The van der Waals surface area contributed by atoms with E-state index < -0.39 is 0 Å². The molecule has 0 saturated heterocycles. The maximum Gasteiger partial charge on any atom is 0.241 e. The summed E-state index contributed by atoms with van der Waals surface area (Å²) in [7, 11) is 0. The van der Waals surface area contributed by atoms with E-state index in [0.717, 1.165) is 41.0 Å². The number of thiocarbonyl (C=S) groups is 1. The molecule has 5 rings (SSSR count). The summed E-state index contributed by atoms with van der Waals surface area (Å²) in [5.41, 5.74) is 5.87. The van der Waals surface area contributed by atoms with Gasteiger partial charge in [0.2, 0.25) is 5.91 Å². The van der Waals surface area contributed by atoms with Gasteiger partial charge in [-0.1, -0.05) is 24.3 Å². The Kier molecular flexibility index (Phi) is 7.20. The number of hydrogen-bond donors (Lipinski definition) is 2. The number of carbonyl (C=O) groups excluding carboxylic acids is 2. The van der Waals surface area contributed by atoms with Crippen LogP contribution in [0.3, 0.4) is 0 Å². The molecule has 182 valence electrons. The van der Waals surface area contributed by atoms with Crippen molar-refractivity contribution in [2.75, 3.05) is 16.4 Å². The van der Waals surface area contributed by atoms with Crippen LogP contribution in [0, 0.1) is 0 Å². The van der Waals surface area contributed by atoms with Gasteiger partial charge in [0.05, 0.1) is 11.3 Å². The Hall–Kier alpha value is -3.42. The topological polar surface area (TPSA) is 63.1 Å². The summed E-state index contributed by atoms with van der Waals surface area (Å²) in [6, 6.07) is 23.3. The smallest absolute Gasteiger partial charge is 0.241 e. The van der Waals surface area contributed by atoms with Crippen molar-refractivity contribution in [1.82, 2.24) is 4.57 Å². The highest BCUT2D eigenvalue weighted by atomic mass is 32.2. The van der Waals surface area contributed by atoms with Crippen molar-refractivity contribution >= 4 is 63.1 Å². The summed E-state index contributed by atoms with van der Waals surface area (Å²) in [5, 5.41) is 8.00. The molecule has 36 heavy (non-hydrogen) atoms. The number of aromatic nitrogens is 1. The summed E-state index contributed by atoms with van der Waals surface area (Å²) < 4.78 is 1.95. The second-order valence-electron chi connectivity index (χ2n) is 8.91. The zero-order chi connectivity index (χ0) is 25.1. The molecule has 0 amide bonds. The Morgan fingerprint density at radius 1 is 0.917 bits per heavy atom. The second kappa shape index (κ2) is 10.7. The first-order valence-corrected chi connectivity index (χ1v) is 13.5. The number of hydrogen-bond acceptors (Lipinski definition) is 4. The van der Waals surface area contributed by atoms with E-state index in [1.807, 2.05) is 47.0 Å². The molecule has 0 fully saturated rings. The SMILES string of the molecule is CC(=O)c1ccc(NC(=S)Nc2cccc(SCC(=O)n3c4c(c5ccccc53)CCCC4)c2)cc1. The summed E-state index contributed by atoms with van der Waals surface area (Å²) in [5.74, 6) is 0.503.